The summed E-state index contributed by atoms with van der Waals surface area (Å²) in [5.74, 6) is 3.43. The van der Waals surface area contributed by atoms with E-state index < -0.39 is 0 Å². The van der Waals surface area contributed by atoms with E-state index in [-0.39, 0.29) is 0 Å². The molecule has 1 aromatic carbocycles. The zero-order valence-corrected chi connectivity index (χ0v) is 11.6. The van der Waals surface area contributed by atoms with E-state index in [9.17, 15) is 0 Å². The van der Waals surface area contributed by atoms with E-state index in [0.717, 1.165) is 17.9 Å². The van der Waals surface area contributed by atoms with Crippen LogP contribution in [0.1, 0.15) is 44.1 Å². The molecular weight excluding hydrogens is 242 g/mol. The Kier molecular flexibility index (Phi) is 4.69. The Balaban J connectivity index is 1.80. The van der Waals surface area contributed by atoms with Gasteiger partial charge in [0, 0.05) is 23.5 Å². The zero-order chi connectivity index (χ0) is 13.0. The largest absolute Gasteiger partial charge is 0.310 e. The third-order valence-corrected chi connectivity index (χ3v) is 4.06. The van der Waals surface area contributed by atoms with Gasteiger partial charge in [-0.1, -0.05) is 30.7 Å². The fourth-order valence-electron chi connectivity index (χ4n) is 2.56. The van der Waals surface area contributed by atoms with Crippen molar-refractivity contribution in [2.75, 3.05) is 0 Å². The average Bonchev–Trinajstić information content (AvgIpc) is 2.33. The number of nitrogens with one attached hydrogen (secondary N) is 1. The molecule has 1 aliphatic carbocycles. The van der Waals surface area contributed by atoms with Crippen molar-refractivity contribution in [2.45, 2.75) is 50.6 Å². The quantitative estimate of drug-likeness (QED) is 0.791. The highest BCUT2D eigenvalue weighted by Crippen LogP contribution is 2.37. The molecule has 1 aliphatic rings. The zero-order valence-electron chi connectivity index (χ0n) is 10.8. The Morgan fingerprint density at radius 3 is 2.61 bits per heavy atom. The molecule has 1 atom stereocenters. The van der Waals surface area contributed by atoms with Gasteiger partial charge in [0.1, 0.15) is 0 Å². The van der Waals surface area contributed by atoms with Gasteiger partial charge >= 0.3 is 0 Å². The molecule has 0 amide bonds. The predicted molar refractivity (Wildman–Crippen MR) is 77.9 cm³/mol. The topological polar surface area (TPSA) is 12.0 Å². The minimum atomic E-state index is 0.478. The number of hydrogen-bond donors (Lipinski definition) is 1. The van der Waals surface area contributed by atoms with Crippen molar-refractivity contribution in [2.24, 2.45) is 0 Å². The molecular formula is C16H20ClN. The fourth-order valence-corrected chi connectivity index (χ4v) is 2.68. The van der Waals surface area contributed by atoms with Crippen molar-refractivity contribution in [1.29, 1.82) is 0 Å². The van der Waals surface area contributed by atoms with Gasteiger partial charge in [-0.25, -0.2) is 0 Å². The molecule has 1 N–H and O–H groups in total. The maximum Gasteiger partial charge on any atom is 0.0406 e. The van der Waals surface area contributed by atoms with Crippen molar-refractivity contribution < 1.29 is 0 Å². The Morgan fingerprint density at radius 2 is 2.06 bits per heavy atom. The lowest BCUT2D eigenvalue weighted by molar-refractivity contribution is 0.262. The number of rotatable bonds is 5. The number of terminal acetylenes is 1. The lowest BCUT2D eigenvalue weighted by Gasteiger charge is -2.38. The van der Waals surface area contributed by atoms with Gasteiger partial charge in [-0.3, -0.25) is 0 Å². The van der Waals surface area contributed by atoms with Crippen LogP contribution in [0.15, 0.2) is 24.3 Å². The van der Waals surface area contributed by atoms with E-state index in [1.807, 2.05) is 12.1 Å². The summed E-state index contributed by atoms with van der Waals surface area (Å²) in [5, 5.41) is 4.46. The summed E-state index contributed by atoms with van der Waals surface area (Å²) >= 11 is 5.90. The summed E-state index contributed by atoms with van der Waals surface area (Å²) in [4.78, 5) is 0. The number of halogens is 1. The molecule has 0 saturated heterocycles. The Hall–Kier alpha value is -0.970. The molecule has 0 bridgehead atoms. The molecule has 1 fully saturated rings. The van der Waals surface area contributed by atoms with Crippen LogP contribution in [0.4, 0.5) is 0 Å². The van der Waals surface area contributed by atoms with E-state index in [1.54, 1.807) is 0 Å². The molecule has 0 heterocycles. The van der Waals surface area contributed by atoms with Crippen LogP contribution in [0.25, 0.3) is 0 Å². The van der Waals surface area contributed by atoms with Gasteiger partial charge in [0.05, 0.1) is 0 Å². The predicted octanol–water partition coefficient (Wildman–Crippen LogP) is 3.98. The second-order valence-electron chi connectivity index (χ2n) is 5.10. The summed E-state index contributed by atoms with van der Waals surface area (Å²) in [6.45, 7) is 2.18. The highest BCUT2D eigenvalue weighted by molar-refractivity contribution is 6.30. The molecule has 1 aromatic rings. The molecule has 1 saturated carbocycles. The SMILES string of the molecule is C#CCC(CC)NC1CC(c2ccc(Cl)cc2)C1. The summed E-state index contributed by atoms with van der Waals surface area (Å²) in [5.41, 5.74) is 1.41. The monoisotopic (exact) mass is 261 g/mol. The molecule has 1 nitrogen and oxygen atoms in total. The van der Waals surface area contributed by atoms with Crippen molar-refractivity contribution in [3.05, 3.63) is 34.9 Å². The first kappa shape index (κ1) is 13.5. The third-order valence-electron chi connectivity index (χ3n) is 3.81. The van der Waals surface area contributed by atoms with E-state index in [1.165, 1.54) is 18.4 Å². The molecule has 18 heavy (non-hydrogen) atoms. The highest BCUT2D eigenvalue weighted by Gasteiger charge is 2.30. The first-order valence-corrected chi connectivity index (χ1v) is 7.05. The lowest BCUT2D eigenvalue weighted by atomic mass is 9.75. The third kappa shape index (κ3) is 3.28. The number of hydrogen-bond acceptors (Lipinski definition) is 1. The molecule has 0 spiro atoms. The van der Waals surface area contributed by atoms with Gasteiger partial charge in [-0.05, 0) is 42.9 Å². The Labute approximate surface area is 115 Å². The lowest BCUT2D eigenvalue weighted by Crippen LogP contribution is -2.45. The molecule has 0 radical (unpaired) electrons. The van der Waals surface area contributed by atoms with E-state index in [4.69, 9.17) is 18.0 Å². The summed E-state index contributed by atoms with van der Waals surface area (Å²) in [6, 6.07) is 9.34. The van der Waals surface area contributed by atoms with Crippen LogP contribution >= 0.6 is 11.6 Å². The standard InChI is InChI=1S/C16H20ClN/c1-3-5-15(4-2)18-16-10-13(11-16)12-6-8-14(17)9-7-12/h1,6-9,13,15-16,18H,4-5,10-11H2,2H3. The maximum atomic E-state index is 5.90. The molecule has 1 unspecified atom stereocenters. The first-order valence-electron chi connectivity index (χ1n) is 6.68. The van der Waals surface area contributed by atoms with Crippen molar-refractivity contribution in [3.8, 4) is 12.3 Å². The first-order chi connectivity index (χ1) is 8.72. The smallest absolute Gasteiger partial charge is 0.0406 e. The van der Waals surface area contributed by atoms with Gasteiger partial charge in [0.15, 0.2) is 0 Å². The van der Waals surface area contributed by atoms with Crippen LogP contribution in [0.3, 0.4) is 0 Å². The highest BCUT2D eigenvalue weighted by atomic mass is 35.5. The Morgan fingerprint density at radius 1 is 1.39 bits per heavy atom. The number of benzene rings is 1. The molecule has 96 valence electrons. The van der Waals surface area contributed by atoms with E-state index >= 15 is 0 Å². The normalized spacial score (nSPS) is 24.1. The van der Waals surface area contributed by atoms with E-state index in [0.29, 0.717) is 18.0 Å². The Bertz CT molecular complexity index is 412. The van der Waals surface area contributed by atoms with Crippen LogP contribution in [0.2, 0.25) is 5.02 Å². The van der Waals surface area contributed by atoms with E-state index in [2.05, 4.69) is 30.3 Å². The van der Waals surface area contributed by atoms with Gasteiger partial charge in [-0.15, -0.1) is 12.3 Å². The summed E-state index contributed by atoms with van der Waals surface area (Å²) < 4.78 is 0. The van der Waals surface area contributed by atoms with Gasteiger partial charge in [0.25, 0.3) is 0 Å². The van der Waals surface area contributed by atoms with Crippen molar-refractivity contribution in [3.63, 3.8) is 0 Å². The fraction of sp³-hybridized carbons (Fsp3) is 0.500. The van der Waals surface area contributed by atoms with Crippen molar-refractivity contribution in [1.82, 2.24) is 5.32 Å². The second-order valence-corrected chi connectivity index (χ2v) is 5.53. The van der Waals surface area contributed by atoms with Crippen LogP contribution in [0.5, 0.6) is 0 Å². The minimum absolute atomic E-state index is 0.478. The minimum Gasteiger partial charge on any atom is -0.310 e. The molecule has 0 aromatic heterocycles. The van der Waals surface area contributed by atoms with Crippen LogP contribution < -0.4 is 5.32 Å². The van der Waals surface area contributed by atoms with Gasteiger partial charge < -0.3 is 5.32 Å². The van der Waals surface area contributed by atoms with Gasteiger partial charge in [-0.2, -0.15) is 0 Å². The summed E-state index contributed by atoms with van der Waals surface area (Å²) in [6.07, 6.45) is 9.73. The second kappa shape index (κ2) is 6.27. The van der Waals surface area contributed by atoms with Crippen molar-refractivity contribution >= 4 is 11.6 Å². The van der Waals surface area contributed by atoms with Crippen LogP contribution in [0, 0.1) is 12.3 Å². The maximum absolute atomic E-state index is 5.90. The molecule has 2 rings (SSSR count). The molecule has 0 aliphatic heterocycles. The average molecular weight is 262 g/mol. The van der Waals surface area contributed by atoms with Crippen LogP contribution in [-0.2, 0) is 0 Å². The van der Waals surface area contributed by atoms with Crippen LogP contribution in [-0.4, -0.2) is 12.1 Å². The summed E-state index contributed by atoms with van der Waals surface area (Å²) in [7, 11) is 0. The molecule has 2 heteroatoms. The van der Waals surface area contributed by atoms with Gasteiger partial charge in [0.2, 0.25) is 0 Å².